The van der Waals surface area contributed by atoms with E-state index in [1.165, 1.54) is 0 Å². The van der Waals surface area contributed by atoms with Crippen LogP contribution in [0.15, 0.2) is 30.3 Å². The molecule has 0 aliphatic carbocycles. The van der Waals surface area contributed by atoms with Crippen LogP contribution in [0.3, 0.4) is 0 Å². The van der Waals surface area contributed by atoms with Crippen molar-refractivity contribution in [2.45, 2.75) is 25.3 Å². The first-order chi connectivity index (χ1) is 8.74. The molecule has 0 amide bonds. The van der Waals surface area contributed by atoms with Crippen LogP contribution >= 0.6 is 0 Å². The van der Waals surface area contributed by atoms with Gasteiger partial charge < -0.3 is 15.2 Å². The van der Waals surface area contributed by atoms with Gasteiger partial charge in [-0.05, 0) is 12.0 Å². The van der Waals surface area contributed by atoms with E-state index in [1.54, 1.807) is 7.11 Å². The maximum atomic E-state index is 11.4. The lowest BCUT2D eigenvalue weighted by atomic mass is 10.0. The van der Waals surface area contributed by atoms with Crippen LogP contribution in [0.5, 0.6) is 0 Å². The van der Waals surface area contributed by atoms with Crippen molar-refractivity contribution in [1.29, 1.82) is 0 Å². The van der Waals surface area contributed by atoms with Crippen LogP contribution in [0.25, 0.3) is 0 Å². The molecule has 1 atom stereocenters. The van der Waals surface area contributed by atoms with Crippen LogP contribution in [0.1, 0.15) is 30.9 Å². The molecule has 0 fully saturated rings. The van der Waals surface area contributed by atoms with E-state index < -0.39 is 0 Å². The second-order valence-corrected chi connectivity index (χ2v) is 4.12. The third-order valence-corrected chi connectivity index (χ3v) is 2.64. The van der Waals surface area contributed by atoms with Crippen molar-refractivity contribution in [3.63, 3.8) is 0 Å². The molecule has 1 aromatic carbocycles. The quantitative estimate of drug-likeness (QED) is 0.567. The average molecular weight is 251 g/mol. The third kappa shape index (κ3) is 5.80. The van der Waals surface area contributed by atoms with Gasteiger partial charge in [0.1, 0.15) is 0 Å². The fourth-order valence-electron chi connectivity index (χ4n) is 1.60. The molecule has 0 heterocycles. The zero-order chi connectivity index (χ0) is 13.2. The Labute approximate surface area is 108 Å². The van der Waals surface area contributed by atoms with Crippen molar-refractivity contribution in [1.82, 2.24) is 0 Å². The molecule has 0 aliphatic heterocycles. The highest BCUT2D eigenvalue weighted by Gasteiger charge is 2.09. The van der Waals surface area contributed by atoms with Crippen LogP contribution < -0.4 is 5.73 Å². The predicted octanol–water partition coefficient (Wildman–Crippen LogP) is 2.05. The first kappa shape index (κ1) is 14.7. The van der Waals surface area contributed by atoms with Crippen LogP contribution in [0.4, 0.5) is 0 Å². The van der Waals surface area contributed by atoms with Crippen molar-refractivity contribution >= 4 is 5.97 Å². The summed E-state index contributed by atoms with van der Waals surface area (Å²) >= 11 is 0. The number of esters is 1. The molecular formula is C14H21NO3. The molecule has 1 rings (SSSR count). The second kappa shape index (κ2) is 8.66. The van der Waals surface area contributed by atoms with E-state index in [4.69, 9.17) is 15.2 Å². The van der Waals surface area contributed by atoms with Crippen LogP contribution in [0.2, 0.25) is 0 Å². The molecule has 18 heavy (non-hydrogen) atoms. The number of nitrogens with two attached hydrogens (primary N) is 1. The Morgan fingerprint density at radius 2 is 2.00 bits per heavy atom. The first-order valence-corrected chi connectivity index (χ1v) is 6.19. The minimum Gasteiger partial charge on any atom is -0.466 e. The highest BCUT2D eigenvalue weighted by atomic mass is 16.5. The standard InChI is InChI=1S/C14H21NO3/c1-17-10-5-11-18-14(16)9-8-13(15)12-6-3-2-4-7-12/h2-4,6-7,13H,5,8-11,15H2,1H3. The van der Waals surface area contributed by atoms with Crippen molar-refractivity contribution in [2.24, 2.45) is 5.73 Å². The van der Waals surface area contributed by atoms with Crippen LogP contribution in [-0.2, 0) is 14.3 Å². The number of rotatable bonds is 8. The Morgan fingerprint density at radius 3 is 2.67 bits per heavy atom. The topological polar surface area (TPSA) is 61.5 Å². The molecule has 0 spiro atoms. The number of hydrogen-bond donors (Lipinski definition) is 1. The summed E-state index contributed by atoms with van der Waals surface area (Å²) in [5.41, 5.74) is 7.04. The van der Waals surface area contributed by atoms with Gasteiger partial charge in [0.25, 0.3) is 0 Å². The van der Waals surface area contributed by atoms with Gasteiger partial charge in [0.15, 0.2) is 0 Å². The number of ether oxygens (including phenoxy) is 2. The zero-order valence-electron chi connectivity index (χ0n) is 10.8. The van der Waals surface area contributed by atoms with Crippen molar-refractivity contribution < 1.29 is 14.3 Å². The number of benzene rings is 1. The molecule has 0 aromatic heterocycles. The van der Waals surface area contributed by atoms with Gasteiger partial charge in [-0.15, -0.1) is 0 Å². The Kier molecular flexibility index (Phi) is 7.06. The molecule has 0 saturated carbocycles. The summed E-state index contributed by atoms with van der Waals surface area (Å²) in [5.74, 6) is -0.197. The molecule has 0 radical (unpaired) electrons. The second-order valence-electron chi connectivity index (χ2n) is 4.12. The molecule has 2 N–H and O–H groups in total. The van der Waals surface area contributed by atoms with E-state index in [0.29, 0.717) is 26.1 Å². The summed E-state index contributed by atoms with van der Waals surface area (Å²) in [6, 6.07) is 9.65. The average Bonchev–Trinajstić information content (AvgIpc) is 2.42. The van der Waals surface area contributed by atoms with Crippen LogP contribution in [0, 0.1) is 0 Å². The smallest absolute Gasteiger partial charge is 0.305 e. The number of carbonyl (C=O) groups excluding carboxylic acids is 1. The lowest BCUT2D eigenvalue weighted by molar-refractivity contribution is -0.144. The summed E-state index contributed by atoms with van der Waals surface area (Å²) < 4.78 is 9.92. The summed E-state index contributed by atoms with van der Waals surface area (Å²) in [7, 11) is 1.63. The first-order valence-electron chi connectivity index (χ1n) is 6.19. The molecular weight excluding hydrogens is 230 g/mol. The van der Waals surface area contributed by atoms with Gasteiger partial charge in [-0.1, -0.05) is 30.3 Å². The highest BCUT2D eigenvalue weighted by Crippen LogP contribution is 2.15. The molecule has 0 bridgehead atoms. The Bertz CT molecular complexity index is 340. The zero-order valence-corrected chi connectivity index (χ0v) is 10.8. The summed E-state index contributed by atoms with van der Waals surface area (Å²) in [5, 5.41) is 0. The minimum absolute atomic E-state index is 0.113. The van der Waals surface area contributed by atoms with Gasteiger partial charge in [-0.2, -0.15) is 0 Å². The predicted molar refractivity (Wildman–Crippen MR) is 70.1 cm³/mol. The van der Waals surface area contributed by atoms with E-state index in [2.05, 4.69) is 0 Å². The fraction of sp³-hybridized carbons (Fsp3) is 0.500. The van der Waals surface area contributed by atoms with Gasteiger partial charge >= 0.3 is 5.97 Å². The van der Waals surface area contributed by atoms with E-state index in [9.17, 15) is 4.79 Å². The molecule has 1 aromatic rings. The van der Waals surface area contributed by atoms with Gasteiger partial charge in [0.2, 0.25) is 0 Å². The molecule has 0 aliphatic rings. The maximum Gasteiger partial charge on any atom is 0.305 e. The number of hydrogen-bond acceptors (Lipinski definition) is 4. The van der Waals surface area contributed by atoms with Gasteiger partial charge in [-0.3, -0.25) is 4.79 Å². The fourth-order valence-corrected chi connectivity index (χ4v) is 1.60. The largest absolute Gasteiger partial charge is 0.466 e. The molecule has 0 saturated heterocycles. The van der Waals surface area contributed by atoms with Gasteiger partial charge in [0, 0.05) is 32.6 Å². The SMILES string of the molecule is COCCCOC(=O)CCC(N)c1ccccc1. The van der Waals surface area contributed by atoms with Crippen molar-refractivity contribution in [3.05, 3.63) is 35.9 Å². The van der Waals surface area contributed by atoms with Gasteiger partial charge in [0.05, 0.1) is 6.61 Å². The summed E-state index contributed by atoms with van der Waals surface area (Å²) in [6.07, 6.45) is 1.68. The van der Waals surface area contributed by atoms with E-state index in [0.717, 1.165) is 12.0 Å². The maximum absolute atomic E-state index is 11.4. The Balaban J connectivity index is 2.18. The van der Waals surface area contributed by atoms with E-state index in [1.807, 2.05) is 30.3 Å². The van der Waals surface area contributed by atoms with Gasteiger partial charge in [-0.25, -0.2) is 0 Å². The Morgan fingerprint density at radius 1 is 1.28 bits per heavy atom. The lowest BCUT2D eigenvalue weighted by Gasteiger charge is -2.11. The number of carbonyl (C=O) groups is 1. The number of methoxy groups -OCH3 is 1. The third-order valence-electron chi connectivity index (χ3n) is 2.64. The molecule has 100 valence electrons. The molecule has 4 nitrogen and oxygen atoms in total. The normalized spacial score (nSPS) is 12.1. The van der Waals surface area contributed by atoms with E-state index >= 15 is 0 Å². The highest BCUT2D eigenvalue weighted by molar-refractivity contribution is 5.69. The summed E-state index contributed by atoms with van der Waals surface area (Å²) in [6.45, 7) is 1.02. The van der Waals surface area contributed by atoms with E-state index in [-0.39, 0.29) is 12.0 Å². The van der Waals surface area contributed by atoms with Crippen molar-refractivity contribution in [2.75, 3.05) is 20.3 Å². The molecule has 4 heteroatoms. The molecule has 1 unspecified atom stereocenters. The monoisotopic (exact) mass is 251 g/mol. The van der Waals surface area contributed by atoms with Crippen LogP contribution in [-0.4, -0.2) is 26.3 Å². The lowest BCUT2D eigenvalue weighted by Crippen LogP contribution is -2.14. The summed E-state index contributed by atoms with van der Waals surface area (Å²) in [4.78, 5) is 11.4. The minimum atomic E-state index is -0.197. The Hall–Kier alpha value is -1.39. The van der Waals surface area contributed by atoms with Crippen molar-refractivity contribution in [3.8, 4) is 0 Å².